The number of sulfonamides is 1. The zero-order chi connectivity index (χ0) is 17.3. The highest BCUT2D eigenvalue weighted by Gasteiger charge is 2.35. The van der Waals surface area contributed by atoms with Crippen LogP contribution in [0.3, 0.4) is 0 Å². The lowest BCUT2D eigenvalue weighted by Crippen LogP contribution is -2.40. The van der Waals surface area contributed by atoms with Crippen molar-refractivity contribution < 1.29 is 21.6 Å². The van der Waals surface area contributed by atoms with Crippen LogP contribution in [-0.2, 0) is 16.2 Å². The number of hydrogen-bond donors (Lipinski definition) is 1. The number of nitrogens with two attached hydrogens (primary N) is 1. The molecule has 1 fully saturated rings. The van der Waals surface area contributed by atoms with Gasteiger partial charge in [-0.25, -0.2) is 8.42 Å². The summed E-state index contributed by atoms with van der Waals surface area (Å²) in [7, 11) is -4.07. The largest absolute Gasteiger partial charge is 0.416 e. The van der Waals surface area contributed by atoms with Crippen molar-refractivity contribution in [3.8, 4) is 0 Å². The van der Waals surface area contributed by atoms with Crippen LogP contribution in [0.2, 0.25) is 5.02 Å². The van der Waals surface area contributed by atoms with E-state index in [1.54, 1.807) is 0 Å². The maximum Gasteiger partial charge on any atom is 0.416 e. The molecule has 0 aliphatic carbocycles. The fourth-order valence-corrected chi connectivity index (χ4v) is 4.79. The molecule has 0 saturated carbocycles. The molecule has 2 N–H and O–H groups in total. The van der Waals surface area contributed by atoms with Crippen LogP contribution in [0.5, 0.6) is 0 Å². The number of hydrogen-bond acceptors (Lipinski definition) is 3. The van der Waals surface area contributed by atoms with Gasteiger partial charge >= 0.3 is 6.18 Å². The Bertz CT molecular complexity index is 666. The molecule has 24 heavy (non-hydrogen) atoms. The molecule has 1 aromatic rings. The smallest absolute Gasteiger partial charge is 0.330 e. The topological polar surface area (TPSA) is 63.4 Å². The second kappa shape index (κ2) is 8.23. The monoisotopic (exact) mass is 406 g/mol. The SMILES string of the molecule is Cl.NCCC1CCCN(S(=O)(=O)c2cc(C(F)(F)F)ccc2Cl)C1. The molecule has 0 radical (unpaired) electrons. The van der Waals surface area contributed by atoms with E-state index in [2.05, 4.69) is 0 Å². The zero-order valence-electron chi connectivity index (χ0n) is 12.7. The molecular formula is C14H19Cl2F3N2O2S. The van der Waals surface area contributed by atoms with Crippen LogP contribution in [0, 0.1) is 5.92 Å². The van der Waals surface area contributed by atoms with Crippen LogP contribution in [0.4, 0.5) is 13.2 Å². The minimum atomic E-state index is -4.63. The van der Waals surface area contributed by atoms with Crippen LogP contribution in [-0.4, -0.2) is 32.4 Å². The van der Waals surface area contributed by atoms with Gasteiger partial charge in [-0.05, 0) is 49.9 Å². The Morgan fingerprint density at radius 3 is 2.58 bits per heavy atom. The van der Waals surface area contributed by atoms with Gasteiger partial charge in [0.25, 0.3) is 0 Å². The van der Waals surface area contributed by atoms with Crippen molar-refractivity contribution in [1.29, 1.82) is 0 Å². The third-order valence-electron chi connectivity index (χ3n) is 3.93. The van der Waals surface area contributed by atoms with E-state index in [0.717, 1.165) is 18.6 Å². The number of rotatable bonds is 4. The first-order valence-corrected chi connectivity index (χ1v) is 9.05. The van der Waals surface area contributed by atoms with Crippen molar-refractivity contribution in [3.63, 3.8) is 0 Å². The van der Waals surface area contributed by atoms with E-state index in [1.807, 2.05) is 0 Å². The minimum absolute atomic E-state index is 0. The van der Waals surface area contributed by atoms with Crippen molar-refractivity contribution in [2.24, 2.45) is 11.7 Å². The highest BCUT2D eigenvalue weighted by molar-refractivity contribution is 7.89. The first-order valence-electron chi connectivity index (χ1n) is 7.23. The lowest BCUT2D eigenvalue weighted by Gasteiger charge is -2.32. The third kappa shape index (κ3) is 4.76. The molecule has 1 heterocycles. The van der Waals surface area contributed by atoms with Crippen LogP contribution >= 0.6 is 24.0 Å². The second-order valence-corrected chi connectivity index (χ2v) is 7.91. The Labute approximate surface area is 150 Å². The summed E-state index contributed by atoms with van der Waals surface area (Å²) in [6, 6.07) is 2.34. The second-order valence-electron chi connectivity index (χ2n) is 5.59. The van der Waals surface area contributed by atoms with Gasteiger partial charge in [-0.1, -0.05) is 11.6 Å². The summed E-state index contributed by atoms with van der Waals surface area (Å²) in [5.41, 5.74) is 4.47. The van der Waals surface area contributed by atoms with Gasteiger partial charge in [0.1, 0.15) is 4.90 Å². The molecule has 0 amide bonds. The Kier molecular flexibility index (Phi) is 7.37. The van der Waals surface area contributed by atoms with Crippen molar-refractivity contribution in [1.82, 2.24) is 4.31 Å². The van der Waals surface area contributed by atoms with Gasteiger partial charge in [0.05, 0.1) is 10.6 Å². The van der Waals surface area contributed by atoms with Gasteiger partial charge in [0.2, 0.25) is 10.0 Å². The molecular weight excluding hydrogens is 388 g/mol. The predicted molar refractivity (Wildman–Crippen MR) is 88.9 cm³/mol. The van der Waals surface area contributed by atoms with Crippen molar-refractivity contribution in [2.75, 3.05) is 19.6 Å². The van der Waals surface area contributed by atoms with Crippen LogP contribution < -0.4 is 5.73 Å². The standard InChI is InChI=1S/C14H18ClF3N2O2S.ClH/c15-12-4-3-11(14(16,17)18)8-13(12)23(21,22)20-7-1-2-10(9-20)5-6-19;/h3-4,8,10H,1-2,5-7,9,19H2;1H. The first kappa shape index (κ1) is 21.5. The van der Waals surface area contributed by atoms with E-state index in [-0.39, 0.29) is 36.4 Å². The minimum Gasteiger partial charge on any atom is -0.330 e. The summed E-state index contributed by atoms with van der Waals surface area (Å²) >= 11 is 5.85. The lowest BCUT2D eigenvalue weighted by atomic mass is 9.96. The molecule has 1 aliphatic rings. The summed E-state index contributed by atoms with van der Waals surface area (Å²) in [5, 5.41) is -0.209. The summed E-state index contributed by atoms with van der Waals surface area (Å²) in [6.45, 7) is 0.977. The number of benzene rings is 1. The molecule has 1 saturated heterocycles. The quantitative estimate of drug-likeness (QED) is 0.831. The molecule has 0 bridgehead atoms. The molecule has 4 nitrogen and oxygen atoms in total. The number of nitrogens with zero attached hydrogens (tertiary/aromatic N) is 1. The molecule has 0 spiro atoms. The fourth-order valence-electron chi connectivity index (χ4n) is 2.73. The summed E-state index contributed by atoms with van der Waals surface area (Å²) in [5.74, 6) is 0.119. The Morgan fingerprint density at radius 1 is 1.33 bits per heavy atom. The van der Waals surface area contributed by atoms with Crippen molar-refractivity contribution >= 4 is 34.0 Å². The maximum atomic E-state index is 12.8. The lowest BCUT2D eigenvalue weighted by molar-refractivity contribution is -0.137. The Hall–Kier alpha value is -0.540. The average molecular weight is 407 g/mol. The van der Waals surface area contributed by atoms with Crippen LogP contribution in [0.1, 0.15) is 24.8 Å². The predicted octanol–water partition coefficient (Wildman–Crippen LogP) is 3.53. The van der Waals surface area contributed by atoms with Gasteiger partial charge in [-0.3, -0.25) is 0 Å². The number of halogens is 5. The summed E-state index contributed by atoms with van der Waals surface area (Å²) in [6.07, 6.45) is -2.43. The van der Waals surface area contributed by atoms with Gasteiger partial charge in [-0.15, -0.1) is 12.4 Å². The highest BCUT2D eigenvalue weighted by Crippen LogP contribution is 2.35. The highest BCUT2D eigenvalue weighted by atomic mass is 35.5. The van der Waals surface area contributed by atoms with Gasteiger partial charge in [0, 0.05) is 13.1 Å². The normalized spacial score (nSPS) is 19.8. The van der Waals surface area contributed by atoms with Crippen molar-refractivity contribution in [2.45, 2.75) is 30.3 Å². The van der Waals surface area contributed by atoms with Crippen molar-refractivity contribution in [3.05, 3.63) is 28.8 Å². The molecule has 0 aromatic heterocycles. The number of piperidine rings is 1. The number of alkyl halides is 3. The molecule has 1 aromatic carbocycles. The molecule has 138 valence electrons. The summed E-state index contributed by atoms with van der Waals surface area (Å²) < 4.78 is 65.0. The zero-order valence-corrected chi connectivity index (χ0v) is 15.1. The molecule has 1 unspecified atom stereocenters. The average Bonchev–Trinajstić information content (AvgIpc) is 2.47. The van der Waals surface area contributed by atoms with Gasteiger partial charge in [0.15, 0.2) is 0 Å². The Balaban J connectivity index is 0.00000288. The van der Waals surface area contributed by atoms with Crippen LogP contribution in [0.15, 0.2) is 23.1 Å². The molecule has 2 rings (SSSR count). The summed E-state index contributed by atoms with van der Waals surface area (Å²) in [4.78, 5) is -0.498. The molecule has 1 aliphatic heterocycles. The first-order chi connectivity index (χ1) is 10.7. The molecule has 1 atom stereocenters. The van der Waals surface area contributed by atoms with E-state index >= 15 is 0 Å². The van der Waals surface area contributed by atoms with E-state index in [0.29, 0.717) is 25.5 Å². The van der Waals surface area contributed by atoms with E-state index in [4.69, 9.17) is 17.3 Å². The maximum absolute atomic E-state index is 12.8. The Morgan fingerprint density at radius 2 is 2.00 bits per heavy atom. The van der Waals surface area contributed by atoms with E-state index in [1.165, 1.54) is 4.31 Å². The van der Waals surface area contributed by atoms with Gasteiger partial charge in [-0.2, -0.15) is 17.5 Å². The van der Waals surface area contributed by atoms with Gasteiger partial charge < -0.3 is 5.73 Å². The fraction of sp³-hybridized carbons (Fsp3) is 0.571. The van der Waals surface area contributed by atoms with E-state index in [9.17, 15) is 21.6 Å². The van der Waals surface area contributed by atoms with Crippen LogP contribution in [0.25, 0.3) is 0 Å². The molecule has 10 heteroatoms. The third-order valence-corrected chi connectivity index (χ3v) is 6.28. The van der Waals surface area contributed by atoms with E-state index < -0.39 is 26.7 Å².